The van der Waals surface area contributed by atoms with E-state index in [2.05, 4.69) is 0 Å². The predicted octanol–water partition coefficient (Wildman–Crippen LogP) is -4.23. The van der Waals surface area contributed by atoms with Crippen LogP contribution < -0.4 is 0 Å². The van der Waals surface area contributed by atoms with Gasteiger partial charge in [0.15, 0.2) is 0 Å². The second kappa shape index (κ2) is 3.88. The number of hydrogen-bond donors (Lipinski definition) is 7. The third-order valence-electron chi connectivity index (χ3n) is 3.77. The van der Waals surface area contributed by atoms with E-state index in [-0.39, 0.29) is 0 Å². The van der Waals surface area contributed by atoms with Crippen molar-refractivity contribution in [2.75, 3.05) is 0 Å². The van der Waals surface area contributed by atoms with Crippen LogP contribution in [0.4, 0.5) is 0 Å². The highest BCUT2D eigenvalue weighted by molar-refractivity contribution is 5.10. The lowest BCUT2D eigenvalue weighted by molar-refractivity contribution is -0.196. The number of aliphatic hydroxyl groups excluding tert-OH is 7. The fraction of sp³-hybridized carbons (Fsp3) is 1.00. The summed E-state index contributed by atoms with van der Waals surface area (Å²) in [6.07, 6.45) is -10.6. The monoisotopic (exact) mass is 236 g/mol. The van der Waals surface area contributed by atoms with E-state index in [0.29, 0.717) is 0 Å². The Morgan fingerprint density at radius 3 is 0.750 bits per heavy atom. The van der Waals surface area contributed by atoms with Crippen LogP contribution in [0.15, 0.2) is 0 Å². The highest BCUT2D eigenvalue weighted by Crippen LogP contribution is 2.43. The Bertz CT molecular complexity index is 247. The van der Waals surface area contributed by atoms with E-state index in [4.69, 9.17) is 0 Å². The molecule has 0 bridgehead atoms. The van der Waals surface area contributed by atoms with Crippen LogP contribution in [-0.4, -0.2) is 78.5 Å². The first-order valence-electron chi connectivity index (χ1n) is 5.14. The van der Waals surface area contributed by atoms with Crippen molar-refractivity contribution in [1.82, 2.24) is 0 Å². The molecule has 7 heteroatoms. The molecule has 2 rings (SSSR count). The Morgan fingerprint density at radius 1 is 0.312 bits per heavy atom. The van der Waals surface area contributed by atoms with Gasteiger partial charge >= 0.3 is 0 Å². The van der Waals surface area contributed by atoms with Crippen molar-refractivity contribution in [3.05, 3.63) is 0 Å². The van der Waals surface area contributed by atoms with Crippen molar-refractivity contribution >= 4 is 0 Å². The fourth-order valence-corrected chi connectivity index (χ4v) is 2.83. The zero-order chi connectivity index (χ0) is 12.2. The van der Waals surface area contributed by atoms with Crippen LogP contribution in [0, 0.1) is 11.8 Å². The number of fused-ring (bicyclic) bond motifs is 1. The van der Waals surface area contributed by atoms with Crippen molar-refractivity contribution in [3.63, 3.8) is 0 Å². The first-order chi connectivity index (χ1) is 7.37. The van der Waals surface area contributed by atoms with Gasteiger partial charge in [0.1, 0.15) is 18.3 Å². The van der Waals surface area contributed by atoms with Gasteiger partial charge in [-0.25, -0.2) is 0 Å². The van der Waals surface area contributed by atoms with Gasteiger partial charge in [-0.2, -0.15) is 0 Å². The molecule has 2 saturated carbocycles. The van der Waals surface area contributed by atoms with Crippen LogP contribution in [0.2, 0.25) is 0 Å². The summed E-state index contributed by atoms with van der Waals surface area (Å²) in [5, 5.41) is 66.7. The Kier molecular flexibility index (Phi) is 2.96. The van der Waals surface area contributed by atoms with Crippen LogP contribution in [-0.2, 0) is 0 Å². The third kappa shape index (κ3) is 1.41. The molecule has 0 amide bonds. The molecule has 2 fully saturated rings. The van der Waals surface area contributed by atoms with E-state index in [0.717, 1.165) is 0 Å². The van der Waals surface area contributed by atoms with Crippen LogP contribution >= 0.6 is 0 Å². The van der Waals surface area contributed by atoms with Crippen molar-refractivity contribution in [3.8, 4) is 0 Å². The molecule has 7 nitrogen and oxygen atoms in total. The van der Waals surface area contributed by atoms with Crippen molar-refractivity contribution < 1.29 is 35.7 Å². The van der Waals surface area contributed by atoms with Crippen LogP contribution in [0.1, 0.15) is 0 Å². The molecule has 0 heterocycles. The molecule has 94 valence electrons. The molecule has 2 aliphatic rings. The molecule has 0 radical (unpaired) electrons. The van der Waals surface area contributed by atoms with E-state index in [1.54, 1.807) is 0 Å². The maximum atomic E-state index is 9.64. The molecule has 0 saturated heterocycles. The molecular formula is C9H16O7. The number of hydrogen-bond acceptors (Lipinski definition) is 7. The summed E-state index contributed by atoms with van der Waals surface area (Å²) in [6.45, 7) is 0. The Hall–Kier alpha value is -0.280. The Labute approximate surface area is 91.2 Å². The van der Waals surface area contributed by atoms with Crippen molar-refractivity contribution in [2.24, 2.45) is 11.8 Å². The zero-order valence-corrected chi connectivity index (χ0v) is 8.33. The second-order valence-corrected chi connectivity index (χ2v) is 4.59. The quantitative estimate of drug-likeness (QED) is 0.226. The summed E-state index contributed by atoms with van der Waals surface area (Å²) in [6, 6.07) is 0. The normalized spacial score (nSPS) is 62.1. The van der Waals surface area contributed by atoms with Crippen LogP contribution in [0.25, 0.3) is 0 Å². The molecule has 0 aromatic carbocycles. The molecular weight excluding hydrogens is 220 g/mol. The van der Waals surface area contributed by atoms with E-state index in [1.807, 2.05) is 0 Å². The van der Waals surface area contributed by atoms with Gasteiger partial charge in [0, 0.05) is 11.8 Å². The molecule has 7 N–H and O–H groups in total. The summed E-state index contributed by atoms with van der Waals surface area (Å²) >= 11 is 0. The van der Waals surface area contributed by atoms with Crippen molar-refractivity contribution in [2.45, 2.75) is 42.7 Å². The highest BCUT2D eigenvalue weighted by Gasteiger charge is 2.60. The first-order valence-corrected chi connectivity index (χ1v) is 5.14. The van der Waals surface area contributed by atoms with Crippen molar-refractivity contribution in [1.29, 1.82) is 0 Å². The molecule has 0 spiro atoms. The van der Waals surface area contributed by atoms with E-state index < -0.39 is 54.6 Å². The second-order valence-electron chi connectivity index (χ2n) is 4.59. The SMILES string of the molecule is OC1[C@H](O)[C@@H]2[C@@H](O)[C@H](O)[C@H](O)[C@@H](O)[C@@H]2[C@H]1O. The van der Waals surface area contributed by atoms with Gasteiger partial charge in [-0.15, -0.1) is 0 Å². The molecule has 0 aromatic heterocycles. The van der Waals surface area contributed by atoms with Gasteiger partial charge in [-0.05, 0) is 0 Å². The lowest BCUT2D eigenvalue weighted by atomic mass is 9.73. The largest absolute Gasteiger partial charge is 0.390 e. The summed E-state index contributed by atoms with van der Waals surface area (Å²) in [7, 11) is 0. The molecule has 1 unspecified atom stereocenters. The zero-order valence-electron chi connectivity index (χ0n) is 8.33. The van der Waals surface area contributed by atoms with Gasteiger partial charge in [0.25, 0.3) is 0 Å². The molecule has 16 heavy (non-hydrogen) atoms. The topological polar surface area (TPSA) is 142 Å². The smallest absolute Gasteiger partial charge is 0.109 e. The molecule has 2 aliphatic carbocycles. The third-order valence-corrected chi connectivity index (χ3v) is 3.77. The minimum atomic E-state index is -1.61. The Balaban J connectivity index is 2.33. The highest BCUT2D eigenvalue weighted by atomic mass is 16.4. The first kappa shape index (κ1) is 12.2. The average Bonchev–Trinajstić information content (AvgIpc) is 2.48. The van der Waals surface area contributed by atoms with E-state index >= 15 is 0 Å². The van der Waals surface area contributed by atoms with Gasteiger partial charge in [0.05, 0.1) is 24.4 Å². The Morgan fingerprint density at radius 2 is 0.500 bits per heavy atom. The molecule has 0 aromatic rings. The predicted molar refractivity (Wildman–Crippen MR) is 49.0 cm³/mol. The fourth-order valence-electron chi connectivity index (χ4n) is 2.83. The van der Waals surface area contributed by atoms with Crippen LogP contribution in [0.3, 0.4) is 0 Å². The van der Waals surface area contributed by atoms with E-state index in [9.17, 15) is 35.7 Å². The van der Waals surface area contributed by atoms with Gasteiger partial charge < -0.3 is 35.7 Å². The summed E-state index contributed by atoms with van der Waals surface area (Å²) in [4.78, 5) is 0. The summed E-state index contributed by atoms with van der Waals surface area (Å²) < 4.78 is 0. The maximum Gasteiger partial charge on any atom is 0.109 e. The summed E-state index contributed by atoms with van der Waals surface area (Å²) in [5.41, 5.74) is 0. The molecule has 0 aliphatic heterocycles. The lowest BCUT2D eigenvalue weighted by Crippen LogP contribution is -2.60. The van der Waals surface area contributed by atoms with Gasteiger partial charge in [-0.1, -0.05) is 0 Å². The average molecular weight is 236 g/mol. The maximum absolute atomic E-state index is 9.64. The van der Waals surface area contributed by atoms with Gasteiger partial charge in [0.2, 0.25) is 0 Å². The number of rotatable bonds is 0. The van der Waals surface area contributed by atoms with Gasteiger partial charge in [-0.3, -0.25) is 0 Å². The standard InChI is InChI=1S/C9H16O7/c10-3-1-2(4(11)7(3)14)6(13)9(16)8(15)5(1)12/h1-16H/t1-,2+,3-,4-,5-,6+,7?,8+,9-/m1/s1. The summed E-state index contributed by atoms with van der Waals surface area (Å²) in [5.74, 6) is -2.11. The minimum absolute atomic E-state index is 1.06. The minimum Gasteiger partial charge on any atom is -0.390 e. The number of aliphatic hydroxyl groups is 7. The van der Waals surface area contributed by atoms with E-state index in [1.165, 1.54) is 0 Å². The molecule has 9 atom stereocenters. The van der Waals surface area contributed by atoms with Crippen LogP contribution in [0.5, 0.6) is 0 Å². The lowest BCUT2D eigenvalue weighted by Gasteiger charge is -2.42.